The summed E-state index contributed by atoms with van der Waals surface area (Å²) in [5, 5.41) is 22.2. The number of ether oxygens (including phenoxy) is 6. The first-order chi connectivity index (χ1) is 24.5. The molecule has 0 saturated heterocycles. The Bertz CT molecular complexity index is 1640. The molecule has 10 nitrogen and oxygen atoms in total. The van der Waals surface area contributed by atoms with Crippen molar-refractivity contribution < 1.29 is 38.6 Å². The van der Waals surface area contributed by atoms with Crippen LogP contribution < -0.4 is 18.9 Å². The molecule has 0 aliphatic heterocycles. The molecule has 0 amide bonds. The van der Waals surface area contributed by atoms with Gasteiger partial charge in [0, 0.05) is 48.9 Å². The van der Waals surface area contributed by atoms with Crippen molar-refractivity contribution in [2.45, 2.75) is 37.8 Å². The highest BCUT2D eigenvalue weighted by atomic mass is 16.5. The highest BCUT2D eigenvalue weighted by Gasteiger charge is 2.24. The van der Waals surface area contributed by atoms with Crippen molar-refractivity contribution in [2.24, 2.45) is 9.98 Å². The normalized spacial score (nSPS) is 16.2. The first kappa shape index (κ1) is 36.2. The lowest BCUT2D eigenvalue weighted by Crippen LogP contribution is -2.27. The molecule has 2 unspecified atom stereocenters. The highest BCUT2D eigenvalue weighted by Crippen LogP contribution is 2.40. The molecule has 1 fully saturated rings. The van der Waals surface area contributed by atoms with Gasteiger partial charge in [0.15, 0.2) is 23.0 Å². The molecule has 1 saturated carbocycles. The Morgan fingerprint density at radius 3 is 1.40 bits per heavy atom. The van der Waals surface area contributed by atoms with E-state index in [1.165, 1.54) is 14.2 Å². The lowest BCUT2D eigenvalue weighted by atomic mass is 9.91. The van der Waals surface area contributed by atoms with Gasteiger partial charge in [-0.15, -0.1) is 0 Å². The van der Waals surface area contributed by atoms with E-state index in [0.717, 1.165) is 47.9 Å². The quantitative estimate of drug-likeness (QED) is 0.0930. The maximum Gasteiger partial charge on any atom is 0.166 e. The summed E-state index contributed by atoms with van der Waals surface area (Å²) in [6.07, 6.45) is 7.13. The zero-order valence-electron chi connectivity index (χ0n) is 29.1. The third kappa shape index (κ3) is 8.94. The van der Waals surface area contributed by atoms with Crippen molar-refractivity contribution in [3.05, 3.63) is 83.9 Å². The van der Waals surface area contributed by atoms with Gasteiger partial charge in [-0.3, -0.25) is 9.98 Å². The van der Waals surface area contributed by atoms with E-state index in [1.807, 2.05) is 60.7 Å². The molecular formula is C40H46N2O8. The van der Waals surface area contributed by atoms with Gasteiger partial charge in [0.25, 0.3) is 0 Å². The van der Waals surface area contributed by atoms with Crippen LogP contribution in [0.5, 0.6) is 34.5 Å². The smallest absolute Gasteiger partial charge is 0.166 e. The molecule has 4 aromatic carbocycles. The second-order valence-corrected chi connectivity index (χ2v) is 11.9. The molecule has 1 aliphatic rings. The fourth-order valence-electron chi connectivity index (χ4n) is 6.00. The van der Waals surface area contributed by atoms with Crippen LogP contribution in [0.2, 0.25) is 0 Å². The summed E-state index contributed by atoms with van der Waals surface area (Å²) < 4.78 is 33.3. The Hall–Kier alpha value is -5.06. The number of aliphatic imine (C=N–C) groups is 2. The van der Waals surface area contributed by atoms with E-state index in [-0.39, 0.29) is 23.6 Å². The SMILES string of the molecule is COCCOc1ccccc1-c1cc(C=NC2CCCCC2N=Cc2cc(-c3ccccc3OCCOC)cc(OC)c2O)c(O)c(OC)c1. The molecule has 0 radical (unpaired) electrons. The lowest BCUT2D eigenvalue weighted by Gasteiger charge is -2.25. The Labute approximate surface area is 293 Å². The van der Waals surface area contributed by atoms with Gasteiger partial charge in [0.1, 0.15) is 24.7 Å². The maximum absolute atomic E-state index is 11.1. The summed E-state index contributed by atoms with van der Waals surface area (Å²) in [6, 6.07) is 22.5. The summed E-state index contributed by atoms with van der Waals surface area (Å²) in [5.74, 6) is 2.09. The number of aromatic hydroxyl groups is 2. The molecule has 0 aromatic heterocycles. The summed E-state index contributed by atoms with van der Waals surface area (Å²) >= 11 is 0. The van der Waals surface area contributed by atoms with Gasteiger partial charge in [-0.25, -0.2) is 0 Å². The number of para-hydroxylation sites is 2. The molecule has 1 aliphatic carbocycles. The van der Waals surface area contributed by atoms with Crippen LogP contribution in [0.15, 0.2) is 82.8 Å². The van der Waals surface area contributed by atoms with Crippen LogP contribution in [-0.2, 0) is 9.47 Å². The third-order valence-electron chi connectivity index (χ3n) is 8.64. The van der Waals surface area contributed by atoms with E-state index >= 15 is 0 Å². The van der Waals surface area contributed by atoms with Gasteiger partial charge < -0.3 is 38.6 Å². The first-order valence-electron chi connectivity index (χ1n) is 16.8. The van der Waals surface area contributed by atoms with Crippen LogP contribution in [0, 0.1) is 0 Å². The predicted molar refractivity (Wildman–Crippen MR) is 196 cm³/mol. The predicted octanol–water partition coefficient (Wildman–Crippen LogP) is 7.35. The van der Waals surface area contributed by atoms with Crippen LogP contribution >= 0.6 is 0 Å². The van der Waals surface area contributed by atoms with Crippen LogP contribution in [0.25, 0.3) is 22.3 Å². The molecule has 5 rings (SSSR count). The average molecular weight is 683 g/mol. The lowest BCUT2D eigenvalue weighted by molar-refractivity contribution is 0.146. The third-order valence-corrected chi connectivity index (χ3v) is 8.64. The molecule has 2 atom stereocenters. The molecule has 264 valence electrons. The maximum atomic E-state index is 11.1. The second-order valence-electron chi connectivity index (χ2n) is 11.9. The van der Waals surface area contributed by atoms with Gasteiger partial charge >= 0.3 is 0 Å². The standard InChI is InChI=1S/C40H46N2O8/c1-45-17-19-49-35-15-9-5-11-31(35)27-21-29(39(43)37(23-27)47-3)25-41-33-13-7-8-14-34(33)42-26-30-22-28(24-38(48-4)40(30)44)32-12-6-10-16-36(32)50-20-18-46-2/h5-6,9-12,15-16,21-26,33-34,43-44H,7-8,13-14,17-20H2,1-4H3. The number of hydrogen-bond donors (Lipinski definition) is 2. The molecule has 0 bridgehead atoms. The fraction of sp³-hybridized carbons (Fsp3) is 0.350. The van der Waals surface area contributed by atoms with Gasteiger partial charge in [-0.1, -0.05) is 49.2 Å². The number of rotatable bonds is 16. The Morgan fingerprint density at radius 1 is 0.580 bits per heavy atom. The average Bonchev–Trinajstić information content (AvgIpc) is 3.15. The monoisotopic (exact) mass is 682 g/mol. The molecule has 10 heteroatoms. The van der Waals surface area contributed by atoms with Crippen molar-refractivity contribution >= 4 is 12.4 Å². The van der Waals surface area contributed by atoms with Crippen LogP contribution in [-0.4, -0.2) is 89.6 Å². The van der Waals surface area contributed by atoms with E-state index < -0.39 is 0 Å². The molecular weight excluding hydrogens is 636 g/mol. The Morgan fingerprint density at radius 2 is 1.00 bits per heavy atom. The Kier molecular flexibility index (Phi) is 13.1. The van der Waals surface area contributed by atoms with E-state index in [2.05, 4.69) is 0 Å². The zero-order chi connectivity index (χ0) is 35.3. The number of hydrogen-bond acceptors (Lipinski definition) is 10. The highest BCUT2D eigenvalue weighted by molar-refractivity contribution is 5.90. The fourth-order valence-corrected chi connectivity index (χ4v) is 6.00. The van der Waals surface area contributed by atoms with Crippen LogP contribution in [0.4, 0.5) is 0 Å². The van der Waals surface area contributed by atoms with Crippen LogP contribution in [0.1, 0.15) is 36.8 Å². The van der Waals surface area contributed by atoms with Gasteiger partial charge in [0.05, 0.1) is 39.5 Å². The van der Waals surface area contributed by atoms with Gasteiger partial charge in [-0.2, -0.15) is 0 Å². The summed E-state index contributed by atoms with van der Waals surface area (Å²) in [7, 11) is 6.32. The van der Waals surface area contributed by atoms with Gasteiger partial charge in [0.2, 0.25) is 0 Å². The zero-order valence-corrected chi connectivity index (χ0v) is 29.1. The van der Waals surface area contributed by atoms with Crippen molar-refractivity contribution in [1.29, 1.82) is 0 Å². The number of phenols is 2. The summed E-state index contributed by atoms with van der Waals surface area (Å²) in [4.78, 5) is 9.91. The minimum atomic E-state index is -0.124. The van der Waals surface area contributed by atoms with Crippen molar-refractivity contribution in [3.63, 3.8) is 0 Å². The molecule has 0 spiro atoms. The molecule has 0 heterocycles. The molecule has 2 N–H and O–H groups in total. The van der Waals surface area contributed by atoms with Gasteiger partial charge in [-0.05, 0) is 60.4 Å². The van der Waals surface area contributed by atoms with E-state index in [9.17, 15) is 10.2 Å². The van der Waals surface area contributed by atoms with Crippen molar-refractivity contribution in [3.8, 4) is 56.8 Å². The first-order valence-corrected chi connectivity index (χ1v) is 16.8. The second kappa shape index (κ2) is 18.1. The Balaban J connectivity index is 1.42. The molecule has 50 heavy (non-hydrogen) atoms. The largest absolute Gasteiger partial charge is 0.504 e. The van der Waals surface area contributed by atoms with E-state index in [0.29, 0.717) is 60.6 Å². The minimum Gasteiger partial charge on any atom is -0.504 e. The number of nitrogens with zero attached hydrogens (tertiary/aromatic N) is 2. The number of methoxy groups -OCH3 is 4. The molecule has 4 aromatic rings. The number of benzene rings is 4. The van der Waals surface area contributed by atoms with Crippen molar-refractivity contribution in [1.82, 2.24) is 0 Å². The summed E-state index contributed by atoms with van der Waals surface area (Å²) in [6.45, 7) is 1.75. The van der Waals surface area contributed by atoms with E-state index in [4.69, 9.17) is 38.4 Å². The topological polar surface area (TPSA) is 121 Å². The minimum absolute atomic E-state index is 0.00829. The number of phenolic OH excluding ortho intramolecular Hbond substituents is 2. The van der Waals surface area contributed by atoms with Crippen LogP contribution in [0.3, 0.4) is 0 Å². The van der Waals surface area contributed by atoms with Crippen molar-refractivity contribution in [2.75, 3.05) is 54.9 Å². The van der Waals surface area contributed by atoms with E-state index in [1.54, 1.807) is 38.8 Å². The summed E-state index contributed by atoms with van der Waals surface area (Å²) in [5.41, 5.74) is 4.42.